The van der Waals surface area contributed by atoms with Crippen molar-refractivity contribution in [3.8, 4) is 0 Å². The van der Waals surface area contributed by atoms with Crippen molar-refractivity contribution < 1.29 is 9.18 Å². The Hall–Kier alpha value is -2.96. The number of nitrogens with one attached hydrogen (secondary N) is 2. The number of aromatic nitrogens is 1. The number of hydrazone groups is 1. The van der Waals surface area contributed by atoms with E-state index in [4.69, 9.17) is 5.73 Å². The number of amidine groups is 1. The zero-order chi connectivity index (χ0) is 20.6. The summed E-state index contributed by atoms with van der Waals surface area (Å²) < 4.78 is 13.0. The maximum absolute atomic E-state index is 13.0. The van der Waals surface area contributed by atoms with Gasteiger partial charge in [-0.25, -0.2) is 9.37 Å². The van der Waals surface area contributed by atoms with Gasteiger partial charge < -0.3 is 16.5 Å². The topological polar surface area (TPSA) is 92.4 Å². The number of carbonyl (C=O) groups is 1. The van der Waals surface area contributed by atoms with Crippen molar-refractivity contribution in [3.63, 3.8) is 0 Å². The molecule has 1 amide bonds. The standard InChI is InChI=1S/C22H28FN5O/c1-15-11-18(21(24)28-26-14-16-5-3-2-4-6-16)12-20(27-15)22(29)25-13-17-7-9-19(23)10-8-17/h7-12,16,26H,2-6,13-14H2,1H3,(H2,24,28)(H,25,29). The summed E-state index contributed by atoms with van der Waals surface area (Å²) in [6.45, 7) is 2.91. The van der Waals surface area contributed by atoms with Crippen molar-refractivity contribution >= 4 is 11.7 Å². The van der Waals surface area contributed by atoms with Gasteiger partial charge in [0, 0.05) is 24.3 Å². The monoisotopic (exact) mass is 397 g/mol. The Labute approximate surface area is 170 Å². The van der Waals surface area contributed by atoms with Gasteiger partial charge in [-0.2, -0.15) is 5.10 Å². The summed E-state index contributed by atoms with van der Waals surface area (Å²) in [6.07, 6.45) is 6.35. The molecule has 1 fully saturated rings. The highest BCUT2D eigenvalue weighted by Crippen LogP contribution is 2.22. The van der Waals surface area contributed by atoms with Crippen molar-refractivity contribution in [3.05, 3.63) is 64.7 Å². The van der Waals surface area contributed by atoms with E-state index in [1.54, 1.807) is 24.3 Å². The van der Waals surface area contributed by atoms with Crippen LogP contribution in [-0.4, -0.2) is 23.3 Å². The Morgan fingerprint density at radius 1 is 1.21 bits per heavy atom. The van der Waals surface area contributed by atoms with Crippen LogP contribution in [0.15, 0.2) is 41.5 Å². The van der Waals surface area contributed by atoms with Gasteiger partial charge in [0.05, 0.1) is 0 Å². The molecule has 1 aromatic carbocycles. The number of aryl methyl sites for hydroxylation is 1. The molecule has 7 heteroatoms. The summed E-state index contributed by atoms with van der Waals surface area (Å²) >= 11 is 0. The first kappa shape index (κ1) is 20.8. The number of amides is 1. The molecule has 0 bridgehead atoms. The second-order valence-corrected chi connectivity index (χ2v) is 7.55. The largest absolute Gasteiger partial charge is 0.382 e. The number of benzene rings is 1. The molecule has 154 valence electrons. The molecule has 0 spiro atoms. The van der Waals surface area contributed by atoms with Gasteiger partial charge in [0.2, 0.25) is 0 Å². The lowest BCUT2D eigenvalue weighted by Gasteiger charge is -2.20. The fourth-order valence-corrected chi connectivity index (χ4v) is 3.52. The molecule has 3 rings (SSSR count). The summed E-state index contributed by atoms with van der Waals surface area (Å²) in [7, 11) is 0. The molecule has 0 saturated heterocycles. The van der Waals surface area contributed by atoms with Crippen LogP contribution in [0.25, 0.3) is 0 Å². The van der Waals surface area contributed by atoms with E-state index in [1.165, 1.54) is 44.2 Å². The predicted octanol–water partition coefficient (Wildman–Crippen LogP) is 3.25. The van der Waals surface area contributed by atoms with Crippen LogP contribution in [0, 0.1) is 18.7 Å². The second-order valence-electron chi connectivity index (χ2n) is 7.55. The van der Waals surface area contributed by atoms with E-state index < -0.39 is 0 Å². The number of hydrogen-bond acceptors (Lipinski definition) is 4. The van der Waals surface area contributed by atoms with E-state index in [9.17, 15) is 9.18 Å². The highest BCUT2D eigenvalue weighted by Gasteiger charge is 2.14. The number of halogens is 1. The van der Waals surface area contributed by atoms with Crippen LogP contribution in [-0.2, 0) is 6.54 Å². The Kier molecular flexibility index (Phi) is 7.16. The normalized spacial score (nSPS) is 15.2. The lowest BCUT2D eigenvalue weighted by atomic mass is 9.89. The lowest BCUT2D eigenvalue weighted by molar-refractivity contribution is 0.0945. The second kappa shape index (κ2) is 10.0. The van der Waals surface area contributed by atoms with Crippen LogP contribution in [0.2, 0.25) is 0 Å². The SMILES string of the molecule is Cc1cc(/C(N)=N/NCC2CCCCC2)cc(C(=O)NCc2ccc(F)cc2)n1. The zero-order valence-corrected chi connectivity index (χ0v) is 16.7. The third-order valence-corrected chi connectivity index (χ3v) is 5.15. The molecule has 1 aliphatic rings. The van der Waals surface area contributed by atoms with E-state index in [0.717, 1.165) is 12.1 Å². The van der Waals surface area contributed by atoms with Gasteiger partial charge in [0.25, 0.3) is 5.91 Å². The van der Waals surface area contributed by atoms with E-state index in [1.807, 2.05) is 6.92 Å². The molecular weight excluding hydrogens is 369 g/mol. The van der Waals surface area contributed by atoms with Gasteiger partial charge in [-0.05, 0) is 55.5 Å². The van der Waals surface area contributed by atoms with E-state index >= 15 is 0 Å². The van der Waals surface area contributed by atoms with Crippen LogP contribution in [0.1, 0.15) is 59.4 Å². The minimum Gasteiger partial charge on any atom is -0.382 e. The number of rotatable bonds is 7. The van der Waals surface area contributed by atoms with Crippen LogP contribution in [0.4, 0.5) is 4.39 Å². The Bertz CT molecular complexity index is 860. The van der Waals surface area contributed by atoms with Gasteiger partial charge in [-0.15, -0.1) is 0 Å². The number of nitrogens with two attached hydrogens (primary N) is 1. The lowest BCUT2D eigenvalue weighted by Crippen LogP contribution is -2.26. The molecule has 4 N–H and O–H groups in total. The molecule has 1 saturated carbocycles. The molecule has 1 aliphatic carbocycles. The first-order chi connectivity index (χ1) is 14.0. The Morgan fingerprint density at radius 2 is 1.93 bits per heavy atom. The quantitative estimate of drug-likeness (QED) is 0.380. The zero-order valence-electron chi connectivity index (χ0n) is 16.7. The van der Waals surface area contributed by atoms with Crippen molar-refractivity contribution in [1.82, 2.24) is 15.7 Å². The van der Waals surface area contributed by atoms with E-state index in [0.29, 0.717) is 23.0 Å². The van der Waals surface area contributed by atoms with Gasteiger partial charge in [0.1, 0.15) is 11.5 Å². The molecule has 29 heavy (non-hydrogen) atoms. The fourth-order valence-electron chi connectivity index (χ4n) is 3.52. The molecule has 1 heterocycles. The van der Waals surface area contributed by atoms with Crippen LogP contribution >= 0.6 is 0 Å². The summed E-state index contributed by atoms with van der Waals surface area (Å²) in [5, 5.41) is 7.08. The number of nitrogens with zero attached hydrogens (tertiary/aromatic N) is 2. The van der Waals surface area contributed by atoms with Crippen molar-refractivity contribution in [2.45, 2.75) is 45.6 Å². The van der Waals surface area contributed by atoms with E-state index in [2.05, 4.69) is 20.8 Å². The predicted molar refractivity (Wildman–Crippen MR) is 112 cm³/mol. The number of carbonyl (C=O) groups excluding carboxylic acids is 1. The molecule has 0 radical (unpaired) electrons. The van der Waals surface area contributed by atoms with Gasteiger partial charge in [0.15, 0.2) is 5.84 Å². The third kappa shape index (κ3) is 6.27. The molecule has 0 unspecified atom stereocenters. The summed E-state index contributed by atoms with van der Waals surface area (Å²) in [5.74, 6) is 0.352. The average molecular weight is 397 g/mol. The third-order valence-electron chi connectivity index (χ3n) is 5.15. The molecule has 2 aromatic rings. The summed E-state index contributed by atoms with van der Waals surface area (Å²) in [5.41, 5.74) is 11.6. The molecule has 0 aliphatic heterocycles. The van der Waals surface area contributed by atoms with Crippen molar-refractivity contribution in [1.29, 1.82) is 0 Å². The Morgan fingerprint density at radius 3 is 2.66 bits per heavy atom. The minimum absolute atomic E-state index is 0.271. The van der Waals surface area contributed by atoms with Crippen LogP contribution in [0.5, 0.6) is 0 Å². The molecular formula is C22H28FN5O. The number of hydrogen-bond donors (Lipinski definition) is 3. The number of pyridine rings is 1. The first-order valence-corrected chi connectivity index (χ1v) is 10.1. The summed E-state index contributed by atoms with van der Waals surface area (Å²) in [4.78, 5) is 16.8. The molecule has 1 aromatic heterocycles. The van der Waals surface area contributed by atoms with Crippen LogP contribution < -0.4 is 16.5 Å². The highest BCUT2D eigenvalue weighted by atomic mass is 19.1. The van der Waals surface area contributed by atoms with Gasteiger partial charge in [-0.3, -0.25) is 4.79 Å². The minimum atomic E-state index is -0.317. The van der Waals surface area contributed by atoms with Gasteiger partial charge >= 0.3 is 0 Å². The average Bonchev–Trinajstić information content (AvgIpc) is 2.73. The van der Waals surface area contributed by atoms with Crippen molar-refractivity contribution in [2.24, 2.45) is 16.8 Å². The van der Waals surface area contributed by atoms with Gasteiger partial charge in [-0.1, -0.05) is 31.4 Å². The maximum atomic E-state index is 13.0. The summed E-state index contributed by atoms with van der Waals surface area (Å²) in [6, 6.07) is 9.43. The fraction of sp³-hybridized carbons (Fsp3) is 0.409. The smallest absolute Gasteiger partial charge is 0.270 e. The Balaban J connectivity index is 1.60. The maximum Gasteiger partial charge on any atom is 0.270 e. The first-order valence-electron chi connectivity index (χ1n) is 10.1. The molecule has 6 nitrogen and oxygen atoms in total. The van der Waals surface area contributed by atoms with Crippen LogP contribution in [0.3, 0.4) is 0 Å². The van der Waals surface area contributed by atoms with Crippen molar-refractivity contribution in [2.75, 3.05) is 6.54 Å². The highest BCUT2D eigenvalue weighted by molar-refractivity contribution is 6.00. The van der Waals surface area contributed by atoms with E-state index in [-0.39, 0.29) is 24.0 Å². The molecule has 0 atom stereocenters.